The molecule has 5 heterocycles. The molecular formula is C27H28N6O3S2. The summed E-state index contributed by atoms with van der Waals surface area (Å²) in [5.74, 6) is 1.95. The number of rotatable bonds is 7. The molecule has 38 heavy (non-hydrogen) atoms. The average molecular weight is 549 g/mol. The summed E-state index contributed by atoms with van der Waals surface area (Å²) in [6, 6.07) is 9.69. The van der Waals surface area contributed by atoms with Gasteiger partial charge in [0.25, 0.3) is 0 Å². The minimum Gasteiger partial charge on any atom is -0.451 e. The lowest BCUT2D eigenvalue weighted by atomic mass is 9.94. The van der Waals surface area contributed by atoms with E-state index >= 15 is 0 Å². The van der Waals surface area contributed by atoms with E-state index < -0.39 is 5.79 Å². The monoisotopic (exact) mass is 548 g/mol. The van der Waals surface area contributed by atoms with Crippen molar-refractivity contribution in [2.75, 3.05) is 11.9 Å². The number of nitrogens with zero attached hydrogens (tertiary/aromatic N) is 5. The van der Waals surface area contributed by atoms with E-state index in [0.29, 0.717) is 34.9 Å². The zero-order valence-electron chi connectivity index (χ0n) is 21.2. The quantitative estimate of drug-likeness (QED) is 0.266. The van der Waals surface area contributed by atoms with E-state index in [9.17, 15) is 0 Å². The Kier molecular flexibility index (Phi) is 7.24. The molecule has 9 nitrogen and oxygen atoms in total. The molecular weight excluding hydrogens is 520 g/mol. The predicted molar refractivity (Wildman–Crippen MR) is 145 cm³/mol. The molecule has 1 aliphatic heterocycles. The van der Waals surface area contributed by atoms with Crippen molar-refractivity contribution in [2.24, 2.45) is 0 Å². The average Bonchev–Trinajstić information content (AvgIpc) is 3.56. The molecule has 1 saturated carbocycles. The van der Waals surface area contributed by atoms with Gasteiger partial charge in [0, 0.05) is 53.9 Å². The number of pyridine rings is 3. The smallest absolute Gasteiger partial charge is 0.208 e. The van der Waals surface area contributed by atoms with Gasteiger partial charge in [-0.25, -0.2) is 15.0 Å². The van der Waals surface area contributed by atoms with Crippen molar-refractivity contribution in [1.82, 2.24) is 24.3 Å². The molecule has 1 aliphatic carbocycles. The van der Waals surface area contributed by atoms with Crippen LogP contribution in [0, 0.1) is 13.8 Å². The van der Waals surface area contributed by atoms with E-state index in [1.807, 2.05) is 44.2 Å². The van der Waals surface area contributed by atoms with Gasteiger partial charge in [0.15, 0.2) is 28.9 Å². The van der Waals surface area contributed by atoms with Crippen LogP contribution in [0.4, 0.5) is 10.9 Å². The first kappa shape index (κ1) is 25.2. The third-order valence-electron chi connectivity index (χ3n) is 6.60. The third kappa shape index (κ3) is 5.51. The Labute approximate surface area is 229 Å². The van der Waals surface area contributed by atoms with Crippen LogP contribution >= 0.6 is 23.3 Å². The van der Waals surface area contributed by atoms with Crippen molar-refractivity contribution in [2.45, 2.75) is 67.8 Å². The number of aryl methyl sites for hydroxylation is 2. The summed E-state index contributed by atoms with van der Waals surface area (Å²) < 4.78 is 23.4. The lowest BCUT2D eigenvalue weighted by molar-refractivity contribution is -0.188. The van der Waals surface area contributed by atoms with Crippen LogP contribution in [0.15, 0.2) is 58.8 Å². The number of hydrogen-bond acceptors (Lipinski definition) is 11. The first-order chi connectivity index (χ1) is 18.6. The Morgan fingerprint density at radius 2 is 1.97 bits per heavy atom. The number of ether oxygens (including phenoxy) is 3. The lowest BCUT2D eigenvalue weighted by Gasteiger charge is -2.31. The zero-order valence-corrected chi connectivity index (χ0v) is 22.8. The molecule has 1 spiro atoms. The van der Waals surface area contributed by atoms with Gasteiger partial charge in [0.1, 0.15) is 11.1 Å². The number of nitrogens with one attached hydrogen (secondary N) is 1. The molecule has 196 valence electrons. The molecule has 0 amide bonds. The molecule has 1 saturated heterocycles. The Morgan fingerprint density at radius 1 is 1.08 bits per heavy atom. The minimum atomic E-state index is -0.467. The van der Waals surface area contributed by atoms with E-state index in [2.05, 4.69) is 24.6 Å². The molecule has 4 aromatic rings. The van der Waals surface area contributed by atoms with Crippen molar-refractivity contribution in [3.05, 3.63) is 66.0 Å². The highest BCUT2D eigenvalue weighted by atomic mass is 32.2. The molecule has 11 heteroatoms. The highest BCUT2D eigenvalue weighted by Crippen LogP contribution is 2.43. The summed E-state index contributed by atoms with van der Waals surface area (Å²) in [6.45, 7) is 4.40. The number of anilines is 2. The largest absolute Gasteiger partial charge is 0.451 e. The zero-order chi connectivity index (χ0) is 26.0. The number of aromatic nitrogens is 5. The minimum absolute atomic E-state index is 0.263. The highest BCUT2D eigenvalue weighted by Gasteiger charge is 2.44. The summed E-state index contributed by atoms with van der Waals surface area (Å²) in [4.78, 5) is 19.1. The fourth-order valence-corrected chi connectivity index (χ4v) is 6.07. The Balaban J connectivity index is 1.25. The highest BCUT2D eigenvalue weighted by molar-refractivity contribution is 7.99. The van der Waals surface area contributed by atoms with Crippen molar-refractivity contribution in [1.29, 1.82) is 0 Å². The summed E-state index contributed by atoms with van der Waals surface area (Å²) in [5.41, 5.74) is 1.78. The van der Waals surface area contributed by atoms with Gasteiger partial charge in [-0.1, -0.05) is 24.2 Å². The molecule has 6 rings (SSSR count). The van der Waals surface area contributed by atoms with Crippen LogP contribution in [-0.2, 0) is 9.47 Å². The van der Waals surface area contributed by atoms with Crippen molar-refractivity contribution >= 4 is 34.2 Å². The van der Waals surface area contributed by atoms with E-state index in [-0.39, 0.29) is 6.10 Å². The van der Waals surface area contributed by atoms with Gasteiger partial charge in [-0.05, 0) is 50.5 Å². The van der Waals surface area contributed by atoms with Crippen molar-refractivity contribution < 1.29 is 14.2 Å². The van der Waals surface area contributed by atoms with Gasteiger partial charge in [-0.3, -0.25) is 4.98 Å². The first-order valence-corrected chi connectivity index (χ1v) is 14.3. The second-order valence-electron chi connectivity index (χ2n) is 9.40. The summed E-state index contributed by atoms with van der Waals surface area (Å²) in [7, 11) is 0. The standard InChI is InChI=1S/C27H28N6O3S2/c1-17-9-13-28-18(2)23(17)35-20-14-19(37-22-8-4-7-12-29-22)15-30-24(20)31-26-32-25(33-38-26)21-16-34-27(36-21)10-5-3-6-11-27/h4,7-9,12-15,21H,3,5-6,10-11,16H2,1-2H3,(H,30,31,32,33). The van der Waals surface area contributed by atoms with E-state index in [1.165, 1.54) is 29.7 Å². The molecule has 1 N–H and O–H groups in total. The van der Waals surface area contributed by atoms with Crippen molar-refractivity contribution in [3.8, 4) is 11.5 Å². The molecule has 2 aliphatic rings. The van der Waals surface area contributed by atoms with Crippen LogP contribution in [0.1, 0.15) is 55.3 Å². The summed E-state index contributed by atoms with van der Waals surface area (Å²) >= 11 is 2.78. The maximum Gasteiger partial charge on any atom is 0.208 e. The predicted octanol–water partition coefficient (Wildman–Crippen LogP) is 6.78. The topological polar surface area (TPSA) is 104 Å². The molecule has 1 atom stereocenters. The fourth-order valence-electron chi connectivity index (χ4n) is 4.68. The maximum atomic E-state index is 6.39. The summed E-state index contributed by atoms with van der Waals surface area (Å²) in [6.07, 6.45) is 10.4. The van der Waals surface area contributed by atoms with E-state index in [4.69, 9.17) is 19.2 Å². The van der Waals surface area contributed by atoms with Crippen LogP contribution in [0.25, 0.3) is 0 Å². The van der Waals surface area contributed by atoms with E-state index in [1.54, 1.807) is 18.6 Å². The SMILES string of the molecule is Cc1ccnc(C)c1Oc1cc(Sc2ccccn2)cnc1Nc1nc(C2COC3(CCCCC3)O2)ns1. The van der Waals surface area contributed by atoms with Crippen LogP contribution in [0.2, 0.25) is 0 Å². The Hall–Kier alpha value is -3.12. The molecule has 2 fully saturated rings. The van der Waals surface area contributed by atoms with Gasteiger partial charge in [-0.15, -0.1) is 0 Å². The number of hydrogen-bond donors (Lipinski definition) is 1. The lowest BCUT2D eigenvalue weighted by Crippen LogP contribution is -2.32. The normalized spacial score (nSPS) is 18.5. The molecule has 0 radical (unpaired) electrons. The van der Waals surface area contributed by atoms with Crippen LogP contribution in [-0.4, -0.2) is 36.7 Å². The molecule has 0 aromatic carbocycles. The fraction of sp³-hybridized carbons (Fsp3) is 0.370. The summed E-state index contributed by atoms with van der Waals surface area (Å²) in [5, 5.41) is 4.78. The maximum absolute atomic E-state index is 6.39. The second kappa shape index (κ2) is 10.9. The molecule has 1 unspecified atom stereocenters. The van der Waals surface area contributed by atoms with Crippen LogP contribution < -0.4 is 10.1 Å². The second-order valence-corrected chi connectivity index (χ2v) is 11.2. The Bertz CT molecular complexity index is 1390. The van der Waals surface area contributed by atoms with Gasteiger partial charge in [0.05, 0.1) is 12.3 Å². The van der Waals surface area contributed by atoms with Gasteiger partial charge < -0.3 is 19.5 Å². The van der Waals surface area contributed by atoms with Crippen LogP contribution in [0.5, 0.6) is 11.5 Å². The van der Waals surface area contributed by atoms with Gasteiger partial charge >= 0.3 is 0 Å². The van der Waals surface area contributed by atoms with Crippen molar-refractivity contribution in [3.63, 3.8) is 0 Å². The molecule has 0 bridgehead atoms. The molecule has 4 aromatic heterocycles. The first-order valence-electron chi connectivity index (χ1n) is 12.7. The Morgan fingerprint density at radius 3 is 2.79 bits per heavy atom. The van der Waals surface area contributed by atoms with E-state index in [0.717, 1.165) is 46.9 Å². The third-order valence-corrected chi connectivity index (χ3v) is 8.16. The van der Waals surface area contributed by atoms with Crippen LogP contribution in [0.3, 0.4) is 0 Å². The van der Waals surface area contributed by atoms with Gasteiger partial charge in [-0.2, -0.15) is 4.37 Å². The van der Waals surface area contributed by atoms with Gasteiger partial charge in [0.2, 0.25) is 5.13 Å².